The van der Waals surface area contributed by atoms with E-state index in [1.165, 1.54) is 6.08 Å². The average Bonchev–Trinajstić information content (AvgIpc) is 2.01. The molecular weight excluding hydrogens is 162 g/mol. The largest absolute Gasteiger partial charge is 0.477 e. The Hall–Kier alpha value is -1.72. The summed E-state index contributed by atoms with van der Waals surface area (Å²) in [6, 6.07) is -0.738. The van der Waals surface area contributed by atoms with Gasteiger partial charge in [-0.15, -0.1) is 0 Å². The molecule has 12 heavy (non-hydrogen) atoms. The molecule has 0 aromatic heterocycles. The van der Waals surface area contributed by atoms with Crippen molar-refractivity contribution in [3.63, 3.8) is 0 Å². The highest BCUT2D eigenvalue weighted by Crippen LogP contribution is 2.02. The number of ether oxygens (including phenoxy) is 1. The molecule has 1 aliphatic rings. The topological polar surface area (TPSA) is 93.5 Å². The van der Waals surface area contributed by atoms with E-state index in [9.17, 15) is 9.59 Å². The summed E-state index contributed by atoms with van der Waals surface area (Å²) in [7, 11) is 0. The summed E-state index contributed by atoms with van der Waals surface area (Å²) >= 11 is 0. The van der Waals surface area contributed by atoms with Crippen molar-refractivity contribution < 1.29 is 14.3 Å². The number of ketones is 1. The molecule has 0 atom stereocenters. The monoisotopic (exact) mass is 171 g/mol. The number of urea groups is 1. The van der Waals surface area contributed by atoms with Crippen LogP contribution in [0.4, 0.5) is 4.79 Å². The van der Waals surface area contributed by atoms with Gasteiger partial charge in [0.2, 0.25) is 5.88 Å². The summed E-state index contributed by atoms with van der Waals surface area (Å²) in [6.07, 6.45) is 1.63. The van der Waals surface area contributed by atoms with Gasteiger partial charge in [-0.25, -0.2) is 10.2 Å². The third-order valence-electron chi connectivity index (χ3n) is 1.21. The predicted octanol–water partition coefficient (Wildman–Crippen LogP) is -1.01. The van der Waals surface area contributed by atoms with Gasteiger partial charge in [0.25, 0.3) is 0 Å². The second-order valence-corrected chi connectivity index (χ2v) is 2.19. The number of carbonyl (C=O) groups is 2. The lowest BCUT2D eigenvalue weighted by atomic mass is 10.2. The van der Waals surface area contributed by atoms with Crippen LogP contribution < -0.4 is 16.6 Å². The van der Waals surface area contributed by atoms with Gasteiger partial charge < -0.3 is 10.5 Å². The summed E-state index contributed by atoms with van der Waals surface area (Å²) in [5.74, 6) is 0.167. The van der Waals surface area contributed by atoms with E-state index in [0.717, 1.165) is 0 Å². The van der Waals surface area contributed by atoms with Crippen molar-refractivity contribution in [2.45, 2.75) is 6.42 Å². The minimum absolute atomic E-state index is 0.0463. The molecule has 0 aliphatic carbocycles. The van der Waals surface area contributed by atoms with Gasteiger partial charge in [-0.3, -0.25) is 10.2 Å². The molecule has 4 N–H and O–H groups in total. The molecule has 0 radical (unpaired) electrons. The van der Waals surface area contributed by atoms with Crippen LogP contribution in [-0.4, -0.2) is 18.4 Å². The summed E-state index contributed by atoms with van der Waals surface area (Å²) in [5.41, 5.74) is 9.19. The number of carbonyl (C=O) groups excluding carboxylic acids is 2. The Morgan fingerprint density at radius 1 is 1.67 bits per heavy atom. The zero-order chi connectivity index (χ0) is 8.97. The van der Waals surface area contributed by atoms with E-state index in [4.69, 9.17) is 10.5 Å². The van der Waals surface area contributed by atoms with E-state index in [1.54, 1.807) is 0 Å². The summed E-state index contributed by atoms with van der Waals surface area (Å²) in [4.78, 5) is 21.0. The number of rotatable bonds is 2. The van der Waals surface area contributed by atoms with Crippen molar-refractivity contribution in [1.29, 1.82) is 0 Å². The maximum atomic E-state index is 10.8. The van der Waals surface area contributed by atoms with Gasteiger partial charge in [0.1, 0.15) is 0 Å². The Kier molecular flexibility index (Phi) is 2.52. The first-order valence-corrected chi connectivity index (χ1v) is 3.37. The first-order chi connectivity index (χ1) is 5.68. The Morgan fingerprint density at radius 3 is 3.00 bits per heavy atom. The number of nitrogens with two attached hydrogens (primary N) is 1. The molecule has 0 unspecified atom stereocenters. The molecule has 0 saturated heterocycles. The first-order valence-electron chi connectivity index (χ1n) is 3.37. The first kappa shape index (κ1) is 8.38. The molecule has 6 heteroatoms. The Labute approximate surface area is 68.7 Å². The van der Waals surface area contributed by atoms with E-state index >= 15 is 0 Å². The van der Waals surface area contributed by atoms with Crippen molar-refractivity contribution in [3.8, 4) is 0 Å². The van der Waals surface area contributed by atoms with E-state index in [2.05, 4.69) is 10.9 Å². The van der Waals surface area contributed by atoms with Crippen molar-refractivity contribution in [1.82, 2.24) is 10.9 Å². The fraction of sp³-hybridized carbons (Fsp3) is 0.333. The number of hydrogen-bond donors (Lipinski definition) is 3. The van der Waals surface area contributed by atoms with Crippen LogP contribution in [0.25, 0.3) is 0 Å². The van der Waals surface area contributed by atoms with Gasteiger partial charge in [-0.1, -0.05) is 0 Å². The molecule has 0 bridgehead atoms. The lowest BCUT2D eigenvalue weighted by Crippen LogP contribution is -2.41. The van der Waals surface area contributed by atoms with Crippen LogP contribution in [0.5, 0.6) is 0 Å². The SMILES string of the molecule is NC(=O)NNC1=CC(=O)CCO1. The summed E-state index contributed by atoms with van der Waals surface area (Å²) < 4.78 is 4.96. The van der Waals surface area contributed by atoms with Gasteiger partial charge in [0.05, 0.1) is 6.61 Å². The van der Waals surface area contributed by atoms with Crippen LogP contribution in [0.3, 0.4) is 0 Å². The van der Waals surface area contributed by atoms with E-state index in [1.807, 2.05) is 0 Å². The fourth-order valence-electron chi connectivity index (χ4n) is 0.717. The zero-order valence-corrected chi connectivity index (χ0v) is 6.29. The second kappa shape index (κ2) is 3.61. The van der Waals surface area contributed by atoms with E-state index in [0.29, 0.717) is 13.0 Å². The normalized spacial score (nSPS) is 16.0. The van der Waals surface area contributed by atoms with Crippen molar-refractivity contribution >= 4 is 11.8 Å². The maximum Gasteiger partial charge on any atom is 0.330 e. The molecule has 0 aromatic rings. The van der Waals surface area contributed by atoms with Gasteiger partial charge in [0, 0.05) is 12.5 Å². The number of nitrogens with one attached hydrogen (secondary N) is 2. The highest BCUT2D eigenvalue weighted by atomic mass is 16.5. The third kappa shape index (κ3) is 2.49. The molecule has 66 valence electrons. The standard InChI is InChI=1S/C6H9N3O3/c7-6(11)9-8-5-3-4(10)1-2-12-5/h3,8H,1-2H2,(H3,7,9,11). The molecule has 2 amide bonds. The quantitative estimate of drug-likeness (QED) is 0.464. The summed E-state index contributed by atoms with van der Waals surface area (Å²) in [6.45, 7) is 0.318. The van der Waals surface area contributed by atoms with Gasteiger partial charge >= 0.3 is 6.03 Å². The number of primary amides is 1. The van der Waals surface area contributed by atoms with Crippen LogP contribution in [0, 0.1) is 0 Å². The molecule has 1 aliphatic heterocycles. The van der Waals surface area contributed by atoms with E-state index < -0.39 is 6.03 Å². The highest BCUT2D eigenvalue weighted by molar-refractivity contribution is 5.90. The smallest absolute Gasteiger partial charge is 0.330 e. The molecule has 0 saturated carbocycles. The molecule has 0 spiro atoms. The van der Waals surface area contributed by atoms with Crippen LogP contribution >= 0.6 is 0 Å². The third-order valence-corrected chi connectivity index (χ3v) is 1.21. The molecule has 6 nitrogen and oxygen atoms in total. The predicted molar refractivity (Wildman–Crippen MR) is 39.5 cm³/mol. The molecule has 0 fully saturated rings. The van der Waals surface area contributed by atoms with Gasteiger partial charge in [0.15, 0.2) is 5.78 Å². The number of allylic oxidation sites excluding steroid dienone is 1. The second-order valence-electron chi connectivity index (χ2n) is 2.19. The fourth-order valence-corrected chi connectivity index (χ4v) is 0.717. The van der Waals surface area contributed by atoms with Gasteiger partial charge in [-0.05, 0) is 0 Å². The maximum absolute atomic E-state index is 10.8. The Morgan fingerprint density at radius 2 is 2.42 bits per heavy atom. The highest BCUT2D eigenvalue weighted by Gasteiger charge is 2.10. The van der Waals surface area contributed by atoms with Crippen molar-refractivity contribution in [3.05, 3.63) is 12.0 Å². The zero-order valence-electron chi connectivity index (χ0n) is 6.29. The lowest BCUT2D eigenvalue weighted by Gasteiger charge is -2.15. The molecule has 1 heterocycles. The number of hydrogen-bond acceptors (Lipinski definition) is 4. The molecular formula is C6H9N3O3. The van der Waals surface area contributed by atoms with Crippen LogP contribution in [-0.2, 0) is 9.53 Å². The summed E-state index contributed by atoms with van der Waals surface area (Å²) in [5, 5.41) is 0. The minimum Gasteiger partial charge on any atom is -0.477 e. The van der Waals surface area contributed by atoms with Crippen LogP contribution in [0.2, 0.25) is 0 Å². The Balaban J connectivity index is 2.40. The van der Waals surface area contributed by atoms with Crippen LogP contribution in [0.1, 0.15) is 6.42 Å². The number of hydrazine groups is 1. The van der Waals surface area contributed by atoms with Gasteiger partial charge in [-0.2, -0.15) is 0 Å². The van der Waals surface area contributed by atoms with Crippen molar-refractivity contribution in [2.24, 2.45) is 5.73 Å². The lowest BCUT2D eigenvalue weighted by molar-refractivity contribution is -0.116. The average molecular weight is 171 g/mol. The molecule has 1 rings (SSSR count). The van der Waals surface area contributed by atoms with Crippen LogP contribution in [0.15, 0.2) is 12.0 Å². The Bertz CT molecular complexity index is 236. The number of amides is 2. The van der Waals surface area contributed by atoms with Crippen molar-refractivity contribution in [2.75, 3.05) is 6.61 Å². The minimum atomic E-state index is -0.738. The van der Waals surface area contributed by atoms with E-state index in [-0.39, 0.29) is 11.7 Å². The molecule has 0 aromatic carbocycles.